The molecule has 4 heterocycles. The lowest BCUT2D eigenvalue weighted by molar-refractivity contribution is -0.193. The third-order valence-corrected chi connectivity index (χ3v) is 6.02. The number of aliphatic carboxylic acids is 2. The predicted octanol–water partition coefficient (Wildman–Crippen LogP) is 3.15. The molecule has 2 saturated heterocycles. The van der Waals surface area contributed by atoms with Gasteiger partial charge < -0.3 is 24.6 Å². The Labute approximate surface area is 216 Å². The third-order valence-electron chi connectivity index (χ3n) is 5.15. The highest BCUT2D eigenvalue weighted by Gasteiger charge is 2.46. The van der Waals surface area contributed by atoms with E-state index < -0.39 is 24.3 Å². The van der Waals surface area contributed by atoms with Crippen molar-refractivity contribution in [2.24, 2.45) is 0 Å². The highest BCUT2D eigenvalue weighted by molar-refractivity contribution is 7.15. The number of nitrogens with zero attached hydrogens (tertiary/aromatic N) is 5. The van der Waals surface area contributed by atoms with Crippen LogP contribution < -0.4 is 4.90 Å². The van der Waals surface area contributed by atoms with Crippen molar-refractivity contribution in [3.05, 3.63) is 23.5 Å². The molecule has 4 rings (SSSR count). The number of carbonyl (C=O) groups is 2. The summed E-state index contributed by atoms with van der Waals surface area (Å²) in [5.41, 5.74) is 0. The van der Waals surface area contributed by atoms with Crippen LogP contribution in [0.15, 0.2) is 18.5 Å². The number of alkyl halides is 6. The summed E-state index contributed by atoms with van der Waals surface area (Å²) in [7, 11) is 0. The molecule has 18 heteroatoms. The molecule has 2 aliphatic heterocycles. The minimum atomic E-state index is -5.08. The Bertz CT molecular complexity index is 995. The number of aryl methyl sites for hydroxylation is 2. The second-order valence-corrected chi connectivity index (χ2v) is 9.10. The van der Waals surface area contributed by atoms with Crippen LogP contribution >= 0.6 is 11.3 Å². The van der Waals surface area contributed by atoms with Gasteiger partial charge in [-0.1, -0.05) is 11.3 Å². The lowest BCUT2D eigenvalue weighted by Crippen LogP contribution is -2.42. The van der Waals surface area contributed by atoms with Gasteiger partial charge in [0, 0.05) is 38.7 Å². The number of anilines is 1. The number of aromatic nitrogens is 4. The van der Waals surface area contributed by atoms with Gasteiger partial charge in [0.25, 0.3) is 0 Å². The van der Waals surface area contributed by atoms with Gasteiger partial charge in [0.2, 0.25) is 5.13 Å². The van der Waals surface area contributed by atoms with Crippen LogP contribution in [0.2, 0.25) is 0 Å². The SMILES string of the molecule is Cc1nnc(N2C[C@@H](OCCCn3cccn3)[C@H]3OCCC[C@H]32)s1.O=C(O)C(F)(F)F.O=C(O)C(F)(F)F. The fourth-order valence-corrected chi connectivity index (χ4v) is 4.33. The van der Waals surface area contributed by atoms with Gasteiger partial charge >= 0.3 is 24.3 Å². The molecule has 0 aromatic carbocycles. The van der Waals surface area contributed by atoms with Crippen LogP contribution in [0.3, 0.4) is 0 Å². The van der Waals surface area contributed by atoms with Crippen LogP contribution in [-0.2, 0) is 25.6 Å². The molecule has 0 saturated carbocycles. The zero-order chi connectivity index (χ0) is 28.5. The average molecular weight is 578 g/mol. The molecule has 214 valence electrons. The highest BCUT2D eigenvalue weighted by atomic mass is 32.1. The number of hydrogen-bond donors (Lipinski definition) is 2. The zero-order valence-corrected chi connectivity index (χ0v) is 20.7. The lowest BCUT2D eigenvalue weighted by atomic mass is 10.0. The van der Waals surface area contributed by atoms with Crippen molar-refractivity contribution in [1.82, 2.24) is 20.0 Å². The first kappa shape index (κ1) is 31.2. The van der Waals surface area contributed by atoms with Crippen molar-refractivity contribution in [3.63, 3.8) is 0 Å². The molecule has 2 aromatic rings. The molecule has 38 heavy (non-hydrogen) atoms. The number of halogens is 6. The van der Waals surface area contributed by atoms with Gasteiger partial charge in [0.1, 0.15) is 17.2 Å². The smallest absolute Gasteiger partial charge is 0.475 e. The first-order valence-corrected chi connectivity index (χ1v) is 11.9. The van der Waals surface area contributed by atoms with E-state index in [9.17, 15) is 26.3 Å². The number of ether oxygens (including phenoxy) is 2. The third kappa shape index (κ3) is 9.71. The first-order valence-electron chi connectivity index (χ1n) is 11.1. The quantitative estimate of drug-likeness (QED) is 0.389. The highest BCUT2D eigenvalue weighted by Crippen LogP contribution is 2.35. The summed E-state index contributed by atoms with van der Waals surface area (Å²) in [6, 6.07) is 2.31. The molecule has 2 N–H and O–H groups in total. The maximum Gasteiger partial charge on any atom is 0.490 e. The van der Waals surface area contributed by atoms with Crippen molar-refractivity contribution in [2.75, 3.05) is 24.7 Å². The van der Waals surface area contributed by atoms with Crippen LogP contribution in [0.25, 0.3) is 0 Å². The van der Waals surface area contributed by atoms with Gasteiger partial charge in [-0.05, 0) is 32.3 Å². The van der Waals surface area contributed by atoms with E-state index >= 15 is 0 Å². The molecular formula is C20H25F6N5O6S. The van der Waals surface area contributed by atoms with Gasteiger partial charge in [0.15, 0.2) is 0 Å². The molecule has 3 atom stereocenters. The predicted molar refractivity (Wildman–Crippen MR) is 119 cm³/mol. The van der Waals surface area contributed by atoms with E-state index in [-0.39, 0.29) is 12.2 Å². The summed E-state index contributed by atoms with van der Waals surface area (Å²) >= 11 is 1.65. The van der Waals surface area contributed by atoms with Gasteiger partial charge in [-0.3, -0.25) is 4.68 Å². The van der Waals surface area contributed by atoms with Crippen molar-refractivity contribution in [1.29, 1.82) is 0 Å². The monoisotopic (exact) mass is 577 g/mol. The fourth-order valence-electron chi connectivity index (χ4n) is 3.57. The number of carboxylic acid groups (broad SMARTS) is 2. The minimum absolute atomic E-state index is 0.108. The molecule has 0 unspecified atom stereocenters. The van der Waals surface area contributed by atoms with E-state index in [0.717, 1.165) is 55.7 Å². The Balaban J connectivity index is 0.000000301. The van der Waals surface area contributed by atoms with Crippen molar-refractivity contribution in [2.45, 2.75) is 63.3 Å². The second-order valence-electron chi connectivity index (χ2n) is 7.94. The number of fused-ring (bicyclic) bond motifs is 1. The molecule has 0 spiro atoms. The molecule has 11 nitrogen and oxygen atoms in total. The molecule has 0 aliphatic carbocycles. The molecule has 2 aliphatic rings. The minimum Gasteiger partial charge on any atom is -0.475 e. The Morgan fingerprint density at radius 1 is 1.16 bits per heavy atom. The summed E-state index contributed by atoms with van der Waals surface area (Å²) in [5, 5.41) is 29.0. The normalized spacial score (nSPS) is 21.0. The van der Waals surface area contributed by atoms with E-state index in [1.807, 2.05) is 23.9 Å². The van der Waals surface area contributed by atoms with E-state index in [4.69, 9.17) is 29.3 Å². The lowest BCUT2D eigenvalue weighted by Gasteiger charge is -2.31. The van der Waals surface area contributed by atoms with E-state index in [0.29, 0.717) is 6.04 Å². The Hall–Kier alpha value is -2.99. The number of rotatable bonds is 6. The van der Waals surface area contributed by atoms with E-state index in [1.165, 1.54) is 0 Å². The summed E-state index contributed by atoms with van der Waals surface area (Å²) in [5.74, 6) is -5.51. The van der Waals surface area contributed by atoms with Gasteiger partial charge in [-0.25, -0.2) is 9.59 Å². The summed E-state index contributed by atoms with van der Waals surface area (Å²) in [6.07, 6.45) is -2.94. The van der Waals surface area contributed by atoms with Crippen LogP contribution in [-0.4, -0.2) is 92.5 Å². The Morgan fingerprint density at radius 2 is 1.79 bits per heavy atom. The van der Waals surface area contributed by atoms with Crippen LogP contribution in [0.4, 0.5) is 31.5 Å². The van der Waals surface area contributed by atoms with Crippen LogP contribution in [0.5, 0.6) is 0 Å². The molecule has 2 aromatic heterocycles. The Morgan fingerprint density at radius 3 is 2.29 bits per heavy atom. The van der Waals surface area contributed by atoms with Crippen LogP contribution in [0.1, 0.15) is 24.3 Å². The van der Waals surface area contributed by atoms with Crippen LogP contribution in [0, 0.1) is 6.92 Å². The van der Waals surface area contributed by atoms with Crippen molar-refractivity contribution in [3.8, 4) is 0 Å². The van der Waals surface area contributed by atoms with E-state index in [1.54, 1.807) is 17.5 Å². The summed E-state index contributed by atoms with van der Waals surface area (Å²) in [4.78, 5) is 20.1. The average Bonchev–Trinajstić information content (AvgIpc) is 3.57. The van der Waals surface area contributed by atoms with Gasteiger partial charge in [-0.15, -0.1) is 10.2 Å². The summed E-state index contributed by atoms with van der Waals surface area (Å²) < 4.78 is 77.6. The molecule has 0 radical (unpaired) electrons. The molecular weight excluding hydrogens is 552 g/mol. The molecule has 2 fully saturated rings. The number of hydrogen-bond acceptors (Lipinski definition) is 9. The van der Waals surface area contributed by atoms with Gasteiger partial charge in [-0.2, -0.15) is 31.4 Å². The maximum absolute atomic E-state index is 10.6. The summed E-state index contributed by atoms with van der Waals surface area (Å²) in [6.45, 7) is 5.27. The fraction of sp³-hybridized carbons (Fsp3) is 0.650. The van der Waals surface area contributed by atoms with Crippen molar-refractivity contribution >= 4 is 28.4 Å². The Kier molecular flexibility index (Phi) is 11.3. The number of carboxylic acids is 2. The van der Waals surface area contributed by atoms with Crippen molar-refractivity contribution < 1.29 is 55.6 Å². The second kappa shape index (κ2) is 13.7. The van der Waals surface area contributed by atoms with Gasteiger partial charge in [0.05, 0.1) is 6.04 Å². The first-order chi connectivity index (χ1) is 17.7. The van der Waals surface area contributed by atoms with E-state index in [2.05, 4.69) is 20.2 Å². The zero-order valence-electron chi connectivity index (χ0n) is 19.9. The topological polar surface area (TPSA) is 140 Å². The molecule has 0 amide bonds. The molecule has 0 bridgehead atoms. The standard InChI is InChI=1S/C16H23N5O2S.2C2HF3O2/c1-12-18-19-16(24-12)21-11-14(15-13(21)5-2-9-23-15)22-10-4-8-20-7-3-6-17-20;2*3-2(4,5)1(6)7/h3,6-7,13-15H,2,4-5,8-11H2,1H3;2*(H,6,7)/t13-,14-,15+;;/m1../s1. The maximum atomic E-state index is 10.6. The largest absolute Gasteiger partial charge is 0.490 e.